The summed E-state index contributed by atoms with van der Waals surface area (Å²) in [5.41, 5.74) is 0.639. The summed E-state index contributed by atoms with van der Waals surface area (Å²) in [4.78, 5) is 46.4. The number of hydrogen-bond acceptors (Lipinski definition) is 5. The first-order valence-corrected chi connectivity index (χ1v) is 7.96. The molecule has 0 aliphatic heterocycles. The van der Waals surface area contributed by atoms with Gasteiger partial charge in [-0.05, 0) is 36.4 Å². The average Bonchev–Trinajstić information content (AvgIpc) is 2.64. The minimum absolute atomic E-state index is 0.194. The number of carbonyl (C=O) groups is 4. The number of esters is 1. The molecule has 0 aromatic heterocycles. The van der Waals surface area contributed by atoms with Crippen molar-refractivity contribution in [1.29, 1.82) is 0 Å². The van der Waals surface area contributed by atoms with E-state index >= 15 is 0 Å². The normalized spacial score (nSPS) is 10.0. The first-order valence-electron chi connectivity index (χ1n) is 7.96. The van der Waals surface area contributed by atoms with Gasteiger partial charge in [-0.2, -0.15) is 0 Å². The van der Waals surface area contributed by atoms with Gasteiger partial charge in [0.2, 0.25) is 5.91 Å². The molecule has 0 radical (unpaired) electrons. The molecule has 0 bridgehead atoms. The van der Waals surface area contributed by atoms with E-state index in [0.29, 0.717) is 11.3 Å². The molecule has 2 N–H and O–H groups in total. The third-order valence-corrected chi connectivity index (χ3v) is 3.40. The molecule has 8 heteroatoms. The monoisotopic (exact) mass is 372 g/mol. The number of hydrogen-bond donors (Lipinski definition) is 2. The molecule has 0 aliphatic rings. The molecule has 0 fully saturated rings. The van der Waals surface area contributed by atoms with Crippen LogP contribution in [0.3, 0.4) is 0 Å². The predicted octanol–water partition coefficient (Wildman–Crippen LogP) is 1.94. The molecular weight excluding hydrogens is 355 g/mol. The van der Waals surface area contributed by atoms with Crippen molar-refractivity contribution in [2.24, 2.45) is 0 Å². The smallest absolute Gasteiger partial charge is 0.325 e. The third-order valence-electron chi connectivity index (χ3n) is 3.40. The summed E-state index contributed by atoms with van der Waals surface area (Å²) in [5, 5.41) is 4.79. The Bertz CT molecular complexity index is 865. The Morgan fingerprint density at radius 2 is 1.67 bits per heavy atom. The Kier molecular flexibility index (Phi) is 6.76. The predicted molar refractivity (Wildman–Crippen MR) is 94.8 cm³/mol. The maximum atomic E-state index is 13.5. The van der Waals surface area contributed by atoms with E-state index in [1.54, 1.807) is 12.1 Å². The zero-order chi connectivity index (χ0) is 19.8. The van der Waals surface area contributed by atoms with Gasteiger partial charge in [-0.15, -0.1) is 0 Å². The summed E-state index contributed by atoms with van der Waals surface area (Å²) < 4.78 is 18.3. The zero-order valence-corrected chi connectivity index (χ0v) is 14.5. The number of ether oxygens (including phenoxy) is 1. The Morgan fingerprint density at radius 3 is 2.30 bits per heavy atom. The van der Waals surface area contributed by atoms with Crippen LogP contribution in [-0.2, 0) is 14.3 Å². The van der Waals surface area contributed by atoms with E-state index in [1.165, 1.54) is 37.3 Å². The standard InChI is InChI=1S/C19H17FN2O5/c1-12(23)22-14-8-6-13(7-9-14)17(24)11-27-18(25)10-21-19(26)15-4-2-3-5-16(15)20/h2-9H,10-11H2,1H3,(H,21,26)(H,22,23). The molecule has 2 aromatic carbocycles. The van der Waals surface area contributed by atoms with Crippen LogP contribution in [0.15, 0.2) is 48.5 Å². The van der Waals surface area contributed by atoms with Gasteiger partial charge in [0.1, 0.15) is 12.4 Å². The lowest BCUT2D eigenvalue weighted by atomic mass is 10.1. The summed E-state index contributed by atoms with van der Waals surface area (Å²) in [6.07, 6.45) is 0. The Morgan fingerprint density at radius 1 is 1.00 bits per heavy atom. The molecule has 2 rings (SSSR count). The lowest BCUT2D eigenvalue weighted by Crippen LogP contribution is -2.32. The minimum Gasteiger partial charge on any atom is -0.456 e. The second-order valence-electron chi connectivity index (χ2n) is 5.50. The Labute approximate surface area is 154 Å². The number of benzene rings is 2. The summed E-state index contributed by atoms with van der Waals surface area (Å²) in [5.74, 6) is -2.98. The molecule has 27 heavy (non-hydrogen) atoms. The van der Waals surface area contributed by atoms with Crippen LogP contribution in [0.5, 0.6) is 0 Å². The summed E-state index contributed by atoms with van der Waals surface area (Å²) >= 11 is 0. The highest BCUT2D eigenvalue weighted by Crippen LogP contribution is 2.10. The topological polar surface area (TPSA) is 102 Å². The van der Waals surface area contributed by atoms with Gasteiger partial charge in [0.05, 0.1) is 5.56 Å². The lowest BCUT2D eigenvalue weighted by molar-refractivity contribution is -0.141. The van der Waals surface area contributed by atoms with Crippen molar-refractivity contribution < 1.29 is 28.3 Å². The van der Waals surface area contributed by atoms with Gasteiger partial charge >= 0.3 is 5.97 Å². The molecule has 2 amide bonds. The van der Waals surface area contributed by atoms with Crippen LogP contribution >= 0.6 is 0 Å². The Balaban J connectivity index is 1.79. The number of anilines is 1. The fraction of sp³-hybridized carbons (Fsp3) is 0.158. The molecular formula is C19H17FN2O5. The zero-order valence-electron chi connectivity index (χ0n) is 14.5. The highest BCUT2D eigenvalue weighted by molar-refractivity contribution is 5.99. The van der Waals surface area contributed by atoms with E-state index in [2.05, 4.69) is 10.6 Å². The van der Waals surface area contributed by atoms with Crippen molar-refractivity contribution in [2.45, 2.75) is 6.92 Å². The van der Waals surface area contributed by atoms with E-state index in [1.807, 2.05) is 0 Å². The molecule has 0 saturated carbocycles. The molecule has 0 saturated heterocycles. The van der Waals surface area contributed by atoms with Gasteiger partial charge in [0.25, 0.3) is 5.91 Å². The van der Waals surface area contributed by atoms with Gasteiger partial charge < -0.3 is 15.4 Å². The van der Waals surface area contributed by atoms with Crippen LogP contribution in [0.25, 0.3) is 0 Å². The van der Waals surface area contributed by atoms with Gasteiger partial charge in [-0.25, -0.2) is 4.39 Å². The number of Topliss-reactive ketones (excluding diaryl/α,β-unsaturated/α-hetero) is 1. The van der Waals surface area contributed by atoms with E-state index < -0.39 is 36.6 Å². The molecule has 0 heterocycles. The molecule has 2 aromatic rings. The van der Waals surface area contributed by atoms with Crippen molar-refractivity contribution in [2.75, 3.05) is 18.5 Å². The van der Waals surface area contributed by atoms with Crippen molar-refractivity contribution in [1.82, 2.24) is 5.32 Å². The quantitative estimate of drug-likeness (QED) is 0.571. The Hall–Kier alpha value is -3.55. The molecule has 0 spiro atoms. The van der Waals surface area contributed by atoms with Crippen LogP contribution in [0.1, 0.15) is 27.6 Å². The first kappa shape index (κ1) is 19.8. The third kappa shape index (κ3) is 6.03. The fourth-order valence-corrected chi connectivity index (χ4v) is 2.12. The number of carbonyl (C=O) groups excluding carboxylic acids is 4. The van der Waals surface area contributed by atoms with E-state index in [9.17, 15) is 23.6 Å². The molecule has 7 nitrogen and oxygen atoms in total. The van der Waals surface area contributed by atoms with Crippen molar-refractivity contribution in [3.8, 4) is 0 Å². The summed E-state index contributed by atoms with van der Waals surface area (Å²) in [7, 11) is 0. The van der Waals surface area contributed by atoms with Gasteiger partial charge in [0, 0.05) is 18.2 Å². The van der Waals surface area contributed by atoms with Crippen molar-refractivity contribution in [3.05, 3.63) is 65.5 Å². The highest BCUT2D eigenvalue weighted by Gasteiger charge is 2.14. The second-order valence-corrected chi connectivity index (χ2v) is 5.50. The molecule has 0 aliphatic carbocycles. The van der Waals surface area contributed by atoms with Crippen LogP contribution in [0.2, 0.25) is 0 Å². The lowest BCUT2D eigenvalue weighted by Gasteiger charge is -2.07. The molecule has 140 valence electrons. The number of ketones is 1. The molecule has 0 unspecified atom stereocenters. The average molecular weight is 372 g/mol. The maximum Gasteiger partial charge on any atom is 0.325 e. The molecule has 0 atom stereocenters. The van der Waals surface area contributed by atoms with Crippen LogP contribution in [0.4, 0.5) is 10.1 Å². The van der Waals surface area contributed by atoms with Crippen LogP contribution in [0, 0.1) is 5.82 Å². The van der Waals surface area contributed by atoms with E-state index in [-0.39, 0.29) is 11.5 Å². The van der Waals surface area contributed by atoms with Crippen LogP contribution in [-0.4, -0.2) is 36.7 Å². The second kappa shape index (κ2) is 9.23. The highest BCUT2D eigenvalue weighted by atomic mass is 19.1. The number of nitrogens with one attached hydrogen (secondary N) is 2. The SMILES string of the molecule is CC(=O)Nc1ccc(C(=O)COC(=O)CNC(=O)c2ccccc2F)cc1. The van der Waals surface area contributed by atoms with Gasteiger partial charge in [-0.1, -0.05) is 12.1 Å². The number of amides is 2. The first-order chi connectivity index (χ1) is 12.9. The van der Waals surface area contributed by atoms with Crippen molar-refractivity contribution >= 4 is 29.3 Å². The van der Waals surface area contributed by atoms with E-state index in [0.717, 1.165) is 6.07 Å². The summed E-state index contributed by atoms with van der Waals surface area (Å²) in [6.45, 7) is 0.360. The minimum atomic E-state index is -0.831. The summed E-state index contributed by atoms with van der Waals surface area (Å²) in [6, 6.07) is 11.4. The van der Waals surface area contributed by atoms with Crippen molar-refractivity contribution in [3.63, 3.8) is 0 Å². The maximum absolute atomic E-state index is 13.5. The number of halogens is 1. The fourth-order valence-electron chi connectivity index (χ4n) is 2.12. The van der Waals surface area contributed by atoms with Gasteiger partial charge in [0.15, 0.2) is 12.4 Å². The largest absolute Gasteiger partial charge is 0.456 e. The van der Waals surface area contributed by atoms with Gasteiger partial charge in [-0.3, -0.25) is 19.2 Å². The number of rotatable bonds is 7. The van der Waals surface area contributed by atoms with Crippen LogP contribution < -0.4 is 10.6 Å². The van der Waals surface area contributed by atoms with E-state index in [4.69, 9.17) is 4.74 Å².